The third kappa shape index (κ3) is 5.75. The minimum absolute atomic E-state index is 0.0285. The SMILES string of the molecule is Cc1ccccc1CC(C1CCN(C(=O)c2ccc(F)cc2F)CC1)N(C)C(=O)Cn1cccn1. The van der Waals surface area contributed by atoms with E-state index in [1.165, 1.54) is 17.2 Å². The number of halogens is 2. The maximum absolute atomic E-state index is 14.2. The molecule has 184 valence electrons. The van der Waals surface area contributed by atoms with Crippen molar-refractivity contribution >= 4 is 11.8 Å². The largest absolute Gasteiger partial charge is 0.341 e. The summed E-state index contributed by atoms with van der Waals surface area (Å²) >= 11 is 0. The molecule has 0 spiro atoms. The number of benzene rings is 2. The number of aryl methyl sites for hydroxylation is 1. The maximum atomic E-state index is 14.2. The molecule has 0 saturated carbocycles. The molecule has 0 bridgehead atoms. The van der Waals surface area contributed by atoms with E-state index in [4.69, 9.17) is 0 Å². The number of hydrogen-bond acceptors (Lipinski definition) is 3. The quantitative estimate of drug-likeness (QED) is 0.512. The Morgan fingerprint density at radius 1 is 1.11 bits per heavy atom. The van der Waals surface area contributed by atoms with Crippen LogP contribution in [0, 0.1) is 24.5 Å². The zero-order chi connectivity index (χ0) is 24.9. The second-order valence-electron chi connectivity index (χ2n) is 9.16. The molecule has 2 heterocycles. The summed E-state index contributed by atoms with van der Waals surface area (Å²) in [6.07, 6.45) is 5.49. The van der Waals surface area contributed by atoms with Crippen LogP contribution < -0.4 is 0 Å². The Morgan fingerprint density at radius 2 is 1.86 bits per heavy atom. The molecular weight excluding hydrogens is 450 g/mol. The number of amides is 2. The van der Waals surface area contributed by atoms with Crippen LogP contribution in [0.3, 0.4) is 0 Å². The lowest BCUT2D eigenvalue weighted by Gasteiger charge is -2.40. The van der Waals surface area contributed by atoms with E-state index in [1.54, 1.807) is 28.0 Å². The monoisotopic (exact) mass is 480 g/mol. The molecule has 0 aliphatic carbocycles. The highest BCUT2D eigenvalue weighted by Gasteiger charge is 2.33. The van der Waals surface area contributed by atoms with E-state index >= 15 is 0 Å². The van der Waals surface area contributed by atoms with Crippen molar-refractivity contribution < 1.29 is 18.4 Å². The van der Waals surface area contributed by atoms with Gasteiger partial charge in [0, 0.05) is 44.6 Å². The lowest BCUT2D eigenvalue weighted by Crippen LogP contribution is -2.49. The summed E-state index contributed by atoms with van der Waals surface area (Å²) in [6, 6.07) is 12.9. The molecule has 0 radical (unpaired) electrons. The van der Waals surface area contributed by atoms with Gasteiger partial charge in [-0.3, -0.25) is 14.3 Å². The average molecular weight is 481 g/mol. The Hall–Kier alpha value is -3.55. The number of carbonyl (C=O) groups excluding carboxylic acids is 2. The Morgan fingerprint density at radius 3 is 2.51 bits per heavy atom. The van der Waals surface area contributed by atoms with E-state index in [-0.39, 0.29) is 30.0 Å². The van der Waals surface area contributed by atoms with Crippen LogP contribution in [-0.4, -0.2) is 57.6 Å². The van der Waals surface area contributed by atoms with Gasteiger partial charge in [0.15, 0.2) is 0 Å². The molecule has 1 aromatic heterocycles. The van der Waals surface area contributed by atoms with Crippen molar-refractivity contribution in [2.24, 2.45) is 5.92 Å². The second-order valence-corrected chi connectivity index (χ2v) is 9.16. The van der Waals surface area contributed by atoms with E-state index in [2.05, 4.69) is 24.2 Å². The molecular formula is C27H30F2N4O2. The lowest BCUT2D eigenvalue weighted by atomic mass is 9.84. The molecule has 8 heteroatoms. The van der Waals surface area contributed by atoms with E-state index in [1.807, 2.05) is 24.1 Å². The van der Waals surface area contributed by atoms with Gasteiger partial charge >= 0.3 is 0 Å². The van der Waals surface area contributed by atoms with Crippen LogP contribution in [0.1, 0.15) is 34.3 Å². The first-order chi connectivity index (χ1) is 16.8. The van der Waals surface area contributed by atoms with Crippen LogP contribution in [0.5, 0.6) is 0 Å². The fraction of sp³-hybridized carbons (Fsp3) is 0.370. The highest BCUT2D eigenvalue weighted by atomic mass is 19.1. The third-order valence-electron chi connectivity index (χ3n) is 6.97. The van der Waals surface area contributed by atoms with Gasteiger partial charge in [0.1, 0.15) is 18.2 Å². The van der Waals surface area contributed by atoms with Gasteiger partial charge in [-0.2, -0.15) is 5.10 Å². The van der Waals surface area contributed by atoms with Crippen LogP contribution in [0.15, 0.2) is 60.9 Å². The van der Waals surface area contributed by atoms with E-state index in [0.29, 0.717) is 32.4 Å². The molecule has 1 unspecified atom stereocenters. The van der Waals surface area contributed by atoms with Crippen molar-refractivity contribution in [2.75, 3.05) is 20.1 Å². The van der Waals surface area contributed by atoms with Crippen LogP contribution in [0.25, 0.3) is 0 Å². The van der Waals surface area contributed by atoms with Gasteiger partial charge in [-0.15, -0.1) is 0 Å². The van der Waals surface area contributed by atoms with Crippen molar-refractivity contribution in [3.8, 4) is 0 Å². The molecule has 2 aromatic carbocycles. The molecule has 1 aliphatic rings. The van der Waals surface area contributed by atoms with E-state index in [0.717, 1.165) is 12.1 Å². The van der Waals surface area contributed by atoms with Crippen molar-refractivity contribution in [2.45, 2.75) is 38.8 Å². The Kier molecular flexibility index (Phi) is 7.58. The standard InChI is InChI=1S/C27H30F2N4O2/c1-19-6-3-4-7-21(19)16-25(31(2)26(34)18-33-13-5-12-30-33)20-10-14-32(15-11-20)27(35)23-9-8-22(28)17-24(23)29/h3-9,12-13,17,20,25H,10-11,14-16,18H2,1-2H3. The van der Waals surface area contributed by atoms with Crippen LogP contribution in [0.4, 0.5) is 8.78 Å². The Balaban J connectivity index is 1.48. The zero-order valence-corrected chi connectivity index (χ0v) is 20.0. The van der Waals surface area contributed by atoms with Crippen LogP contribution in [0.2, 0.25) is 0 Å². The number of piperidine rings is 1. The summed E-state index contributed by atoms with van der Waals surface area (Å²) in [7, 11) is 1.83. The first kappa shape index (κ1) is 24.6. The number of carbonyl (C=O) groups is 2. The molecule has 1 fully saturated rings. The number of rotatable bonds is 7. The fourth-order valence-electron chi connectivity index (χ4n) is 4.83. The van der Waals surface area contributed by atoms with Gasteiger partial charge in [0.2, 0.25) is 5.91 Å². The van der Waals surface area contributed by atoms with E-state index in [9.17, 15) is 18.4 Å². The summed E-state index contributed by atoms with van der Waals surface area (Å²) in [5.41, 5.74) is 2.24. The summed E-state index contributed by atoms with van der Waals surface area (Å²) < 4.78 is 29.0. The average Bonchev–Trinajstić information content (AvgIpc) is 3.36. The summed E-state index contributed by atoms with van der Waals surface area (Å²) in [4.78, 5) is 29.4. The Bertz CT molecular complexity index is 1170. The summed E-state index contributed by atoms with van der Waals surface area (Å²) in [6.45, 7) is 3.13. The predicted molar refractivity (Wildman–Crippen MR) is 129 cm³/mol. The topological polar surface area (TPSA) is 58.4 Å². The highest BCUT2D eigenvalue weighted by Crippen LogP contribution is 2.28. The second kappa shape index (κ2) is 10.8. The number of nitrogens with zero attached hydrogens (tertiary/aromatic N) is 4. The van der Waals surface area contributed by atoms with Crippen molar-refractivity contribution in [1.82, 2.24) is 19.6 Å². The number of likely N-dealkylation sites (tertiary alicyclic amines) is 1. The summed E-state index contributed by atoms with van der Waals surface area (Å²) in [5, 5.41) is 4.15. The molecule has 0 N–H and O–H groups in total. The van der Waals surface area contributed by atoms with Gasteiger partial charge in [0.05, 0.1) is 5.56 Å². The van der Waals surface area contributed by atoms with Crippen molar-refractivity contribution in [1.29, 1.82) is 0 Å². The minimum atomic E-state index is -0.849. The molecule has 35 heavy (non-hydrogen) atoms. The first-order valence-electron chi connectivity index (χ1n) is 11.9. The van der Waals surface area contributed by atoms with Gasteiger partial charge in [-0.05, 0) is 61.4 Å². The van der Waals surface area contributed by atoms with Crippen LogP contribution >= 0.6 is 0 Å². The number of likely N-dealkylation sites (N-methyl/N-ethyl adjacent to an activating group) is 1. The normalized spacial score (nSPS) is 15.1. The molecule has 4 rings (SSSR count). The summed E-state index contributed by atoms with van der Waals surface area (Å²) in [5.74, 6) is -1.85. The van der Waals surface area contributed by atoms with Crippen molar-refractivity contribution in [3.05, 3.63) is 89.2 Å². The molecule has 1 atom stereocenters. The first-order valence-corrected chi connectivity index (χ1v) is 11.9. The third-order valence-corrected chi connectivity index (χ3v) is 6.97. The molecule has 1 aliphatic heterocycles. The minimum Gasteiger partial charge on any atom is -0.341 e. The maximum Gasteiger partial charge on any atom is 0.256 e. The van der Waals surface area contributed by atoms with Gasteiger partial charge in [0.25, 0.3) is 5.91 Å². The fourth-order valence-corrected chi connectivity index (χ4v) is 4.83. The Labute approximate surface area is 204 Å². The van der Waals surface area contributed by atoms with Gasteiger partial charge < -0.3 is 9.80 Å². The molecule has 3 aromatic rings. The van der Waals surface area contributed by atoms with Crippen LogP contribution in [-0.2, 0) is 17.8 Å². The van der Waals surface area contributed by atoms with E-state index < -0.39 is 17.5 Å². The number of aromatic nitrogens is 2. The smallest absolute Gasteiger partial charge is 0.256 e. The molecule has 2 amide bonds. The van der Waals surface area contributed by atoms with Gasteiger partial charge in [-0.1, -0.05) is 24.3 Å². The van der Waals surface area contributed by atoms with Gasteiger partial charge in [-0.25, -0.2) is 8.78 Å². The van der Waals surface area contributed by atoms with Crippen molar-refractivity contribution in [3.63, 3.8) is 0 Å². The zero-order valence-electron chi connectivity index (χ0n) is 20.0. The number of hydrogen-bond donors (Lipinski definition) is 0. The highest BCUT2D eigenvalue weighted by molar-refractivity contribution is 5.94. The lowest BCUT2D eigenvalue weighted by molar-refractivity contribution is -0.134. The molecule has 6 nitrogen and oxygen atoms in total. The molecule has 1 saturated heterocycles. The predicted octanol–water partition coefficient (Wildman–Crippen LogP) is 4.09.